The molecule has 10 atom stereocenters. The third-order valence-electron chi connectivity index (χ3n) is 7.50. The number of phenols is 3. The highest BCUT2D eigenvalue weighted by Crippen LogP contribution is 2.39. The summed E-state index contributed by atoms with van der Waals surface area (Å²) in [5.41, 5.74) is -1.02. The Hall–Kier alpha value is -3.71. The third-order valence-corrected chi connectivity index (χ3v) is 7.50. The topological polar surface area (TPSA) is 258 Å². The lowest BCUT2D eigenvalue weighted by Gasteiger charge is -2.42. The van der Waals surface area contributed by atoms with Crippen LogP contribution in [0.3, 0.4) is 0 Å². The highest BCUT2D eigenvalue weighted by molar-refractivity contribution is 5.88. The Labute approximate surface area is 248 Å². The van der Waals surface area contributed by atoms with Gasteiger partial charge in [-0.15, -0.1) is 0 Å². The Morgan fingerprint density at radius 2 is 1.48 bits per heavy atom. The smallest absolute Gasteiger partial charge is 0.239 e. The molecule has 1 aromatic heterocycles. The third kappa shape index (κ3) is 5.74. The first-order chi connectivity index (χ1) is 20.8. The van der Waals surface area contributed by atoms with Crippen molar-refractivity contribution in [2.24, 2.45) is 0 Å². The number of ether oxygens (including phenoxy) is 5. The van der Waals surface area contributed by atoms with Crippen LogP contribution in [0.1, 0.15) is 6.92 Å². The fraction of sp³-hybridized carbons (Fsp3) is 0.464. The molecule has 2 aromatic carbocycles. The highest BCUT2D eigenvalue weighted by atomic mass is 16.7. The number of aliphatic hydroxyl groups is 6. The predicted molar refractivity (Wildman–Crippen MR) is 145 cm³/mol. The Morgan fingerprint density at radius 3 is 2.16 bits per heavy atom. The molecule has 3 heterocycles. The van der Waals surface area contributed by atoms with Crippen LogP contribution in [0.4, 0.5) is 0 Å². The molecule has 16 heteroatoms. The summed E-state index contributed by atoms with van der Waals surface area (Å²) in [7, 11) is 1.24. The summed E-state index contributed by atoms with van der Waals surface area (Å²) in [4.78, 5) is 13.8. The van der Waals surface area contributed by atoms with Gasteiger partial charge in [0.05, 0.1) is 19.8 Å². The molecule has 0 radical (unpaired) electrons. The van der Waals surface area contributed by atoms with Crippen LogP contribution >= 0.6 is 0 Å². The first kappa shape index (κ1) is 31.7. The largest absolute Gasteiger partial charge is 0.508 e. The summed E-state index contributed by atoms with van der Waals surface area (Å²) >= 11 is 0. The van der Waals surface area contributed by atoms with E-state index in [-0.39, 0.29) is 33.8 Å². The molecule has 0 aliphatic carbocycles. The van der Waals surface area contributed by atoms with Crippen LogP contribution in [-0.2, 0) is 14.2 Å². The zero-order valence-corrected chi connectivity index (χ0v) is 23.3. The van der Waals surface area contributed by atoms with Crippen molar-refractivity contribution in [2.75, 3.05) is 13.7 Å². The second-order valence-corrected chi connectivity index (χ2v) is 10.5. The van der Waals surface area contributed by atoms with Gasteiger partial charge in [-0.3, -0.25) is 4.79 Å². The summed E-state index contributed by atoms with van der Waals surface area (Å²) in [6, 6.07) is 5.72. The Balaban J connectivity index is 1.50. The number of aromatic hydroxyl groups is 3. The summed E-state index contributed by atoms with van der Waals surface area (Å²) in [5, 5.41) is 91.9. The maximum atomic E-state index is 13.8. The van der Waals surface area contributed by atoms with Crippen LogP contribution in [0.25, 0.3) is 22.3 Å². The van der Waals surface area contributed by atoms with Crippen molar-refractivity contribution in [3.63, 3.8) is 0 Å². The van der Waals surface area contributed by atoms with Crippen LogP contribution in [0.2, 0.25) is 0 Å². The molecule has 240 valence electrons. The Bertz CT molecular complexity index is 1560. The van der Waals surface area contributed by atoms with Gasteiger partial charge in [0.1, 0.15) is 65.2 Å². The first-order valence-electron chi connectivity index (χ1n) is 13.4. The summed E-state index contributed by atoms with van der Waals surface area (Å²) in [6.45, 7) is 0.850. The number of hydrogen-bond acceptors (Lipinski definition) is 16. The lowest BCUT2D eigenvalue weighted by atomic mass is 9.98. The van der Waals surface area contributed by atoms with Gasteiger partial charge in [-0.1, -0.05) is 0 Å². The second-order valence-electron chi connectivity index (χ2n) is 10.5. The zero-order valence-electron chi connectivity index (χ0n) is 23.3. The molecular weight excluding hydrogens is 592 g/mol. The monoisotopic (exact) mass is 624 g/mol. The number of rotatable bonds is 7. The number of methoxy groups -OCH3 is 1. The zero-order chi connectivity index (χ0) is 32.0. The van der Waals surface area contributed by atoms with Crippen LogP contribution in [0.5, 0.6) is 28.7 Å². The lowest BCUT2D eigenvalue weighted by molar-refractivity contribution is -0.318. The molecule has 0 spiro atoms. The van der Waals surface area contributed by atoms with E-state index in [0.29, 0.717) is 0 Å². The predicted octanol–water partition coefficient (Wildman–Crippen LogP) is -1.38. The Kier molecular flexibility index (Phi) is 8.90. The van der Waals surface area contributed by atoms with Gasteiger partial charge < -0.3 is 74.1 Å². The molecule has 2 saturated heterocycles. The minimum Gasteiger partial charge on any atom is -0.508 e. The molecule has 2 aliphatic rings. The van der Waals surface area contributed by atoms with Crippen molar-refractivity contribution in [3.05, 3.63) is 40.6 Å². The molecule has 2 fully saturated rings. The molecule has 0 amide bonds. The normalized spacial score (nSPS) is 32.5. The van der Waals surface area contributed by atoms with E-state index in [9.17, 15) is 50.8 Å². The van der Waals surface area contributed by atoms with Crippen molar-refractivity contribution >= 4 is 11.0 Å². The van der Waals surface area contributed by atoms with Crippen LogP contribution in [0, 0.1) is 0 Å². The molecule has 0 unspecified atom stereocenters. The average Bonchev–Trinajstić information content (AvgIpc) is 2.99. The number of hydrogen-bond donors (Lipinski definition) is 9. The lowest BCUT2D eigenvalue weighted by Crippen LogP contribution is -2.61. The fourth-order valence-electron chi connectivity index (χ4n) is 4.98. The van der Waals surface area contributed by atoms with E-state index in [1.807, 2.05) is 0 Å². The maximum Gasteiger partial charge on any atom is 0.239 e. The van der Waals surface area contributed by atoms with E-state index in [1.54, 1.807) is 0 Å². The van der Waals surface area contributed by atoms with Gasteiger partial charge in [0.15, 0.2) is 23.5 Å². The number of fused-ring (bicyclic) bond motifs is 1. The summed E-state index contributed by atoms with van der Waals surface area (Å²) in [6.07, 6.45) is -16.0. The molecule has 0 saturated carbocycles. The average molecular weight is 625 g/mol. The van der Waals surface area contributed by atoms with Gasteiger partial charge in [0.2, 0.25) is 17.5 Å². The van der Waals surface area contributed by atoms with Gasteiger partial charge in [0.25, 0.3) is 0 Å². The van der Waals surface area contributed by atoms with Crippen molar-refractivity contribution in [3.8, 4) is 40.1 Å². The number of phenolic OH excluding ortho intramolecular Hbond substituents is 3. The van der Waals surface area contributed by atoms with Crippen LogP contribution < -0.4 is 14.9 Å². The molecule has 5 rings (SSSR count). The minimum absolute atomic E-state index is 0.0145. The van der Waals surface area contributed by atoms with Gasteiger partial charge in [-0.25, -0.2) is 0 Å². The quantitative estimate of drug-likeness (QED) is 0.137. The Morgan fingerprint density at radius 1 is 0.795 bits per heavy atom. The van der Waals surface area contributed by atoms with Crippen molar-refractivity contribution < 1.29 is 74.1 Å². The van der Waals surface area contributed by atoms with Crippen LogP contribution in [-0.4, -0.2) is 121 Å². The number of aliphatic hydroxyl groups excluding tert-OH is 6. The van der Waals surface area contributed by atoms with E-state index in [1.165, 1.54) is 20.1 Å². The standard InChI is InChI=1S/C28H32O16/c1-9-18(32)21(35)23(37)27(41-9)40-8-16-19(33)22(36)24(38)28(43-16)44-26-20(34)17-14(39-2)6-11(29)7-15(17)42-25(26)10-3-4-12(30)13(31)5-10/h3-7,9,16,18-19,21-24,27-33,35-38H,8H2,1-2H3/t9-,16+,18-,19-,21-,22-,23+,24+,27+,28-/m0/s1. The maximum absolute atomic E-state index is 13.8. The van der Waals surface area contributed by atoms with Gasteiger partial charge in [0, 0.05) is 17.7 Å². The highest BCUT2D eigenvalue weighted by Gasteiger charge is 2.47. The van der Waals surface area contributed by atoms with E-state index in [2.05, 4.69) is 0 Å². The first-order valence-corrected chi connectivity index (χ1v) is 13.4. The fourth-order valence-corrected chi connectivity index (χ4v) is 4.98. The molecule has 16 nitrogen and oxygen atoms in total. The molecule has 0 bridgehead atoms. The number of benzene rings is 2. The van der Waals surface area contributed by atoms with E-state index in [0.717, 1.165) is 24.3 Å². The molecule has 44 heavy (non-hydrogen) atoms. The van der Waals surface area contributed by atoms with Crippen LogP contribution in [0.15, 0.2) is 39.5 Å². The molecular formula is C28H32O16. The summed E-state index contributed by atoms with van der Waals surface area (Å²) in [5.74, 6) is -2.40. The molecule has 2 aliphatic heterocycles. The minimum atomic E-state index is -1.94. The van der Waals surface area contributed by atoms with Crippen molar-refractivity contribution in [1.29, 1.82) is 0 Å². The van der Waals surface area contributed by atoms with Gasteiger partial charge >= 0.3 is 0 Å². The molecule has 3 aromatic rings. The molecule has 9 N–H and O–H groups in total. The van der Waals surface area contributed by atoms with Crippen molar-refractivity contribution in [1.82, 2.24) is 0 Å². The SMILES string of the molecule is COc1cc(O)cc2oc(-c3ccc(O)c(O)c3)c(O[C@@H]3O[C@H](CO[C@@H]4O[C@@H](C)[C@H](O)[C@H](O)[C@H]4O)[C@H](O)[C@H](O)[C@H]3O)c(=O)c12. The summed E-state index contributed by atoms with van der Waals surface area (Å²) < 4.78 is 33.4. The second kappa shape index (κ2) is 12.4. The van der Waals surface area contributed by atoms with E-state index < -0.39 is 90.7 Å². The van der Waals surface area contributed by atoms with E-state index >= 15 is 0 Å². The van der Waals surface area contributed by atoms with E-state index in [4.69, 9.17) is 28.1 Å². The van der Waals surface area contributed by atoms with Gasteiger partial charge in [-0.05, 0) is 25.1 Å². The van der Waals surface area contributed by atoms with Crippen molar-refractivity contribution in [2.45, 2.75) is 68.3 Å². The van der Waals surface area contributed by atoms with Gasteiger partial charge in [-0.2, -0.15) is 0 Å².